The van der Waals surface area contributed by atoms with Crippen LogP contribution in [0, 0.1) is 0 Å². The first kappa shape index (κ1) is 27.6. The van der Waals surface area contributed by atoms with Crippen LogP contribution in [0.1, 0.15) is 5.56 Å². The fourth-order valence-corrected chi connectivity index (χ4v) is 4.69. The van der Waals surface area contributed by atoms with E-state index in [4.69, 9.17) is 11.6 Å². The van der Waals surface area contributed by atoms with Gasteiger partial charge in [-0.25, -0.2) is 13.2 Å². The summed E-state index contributed by atoms with van der Waals surface area (Å²) in [4.78, 5) is 29.7. The summed E-state index contributed by atoms with van der Waals surface area (Å²) in [6.45, 7) is 2.97. The van der Waals surface area contributed by atoms with Crippen LogP contribution in [0.5, 0.6) is 0 Å². The lowest BCUT2D eigenvalue weighted by Gasteiger charge is -2.38. The van der Waals surface area contributed by atoms with Crippen LogP contribution in [0.4, 0.5) is 16.2 Å². The molecular weight excluding hydrogens is 504 g/mol. The molecule has 1 saturated heterocycles. The smallest absolute Gasteiger partial charge is 0.315 e. The van der Waals surface area contributed by atoms with E-state index >= 15 is 0 Å². The van der Waals surface area contributed by atoms with Crippen molar-refractivity contribution in [3.8, 4) is 0 Å². The Hall–Kier alpha value is -3.02. The number of sulfonamides is 1. The fourth-order valence-electron chi connectivity index (χ4n) is 3.99. The van der Waals surface area contributed by atoms with Gasteiger partial charge in [0.15, 0.2) is 0 Å². The number of piperazine rings is 1. The second-order valence-electron chi connectivity index (χ2n) is 8.59. The van der Waals surface area contributed by atoms with E-state index in [-0.39, 0.29) is 5.91 Å². The molecule has 3 rings (SSSR count). The zero-order chi connectivity index (χ0) is 26.1. The molecule has 4 N–H and O–H groups in total. The van der Waals surface area contributed by atoms with Crippen LogP contribution >= 0.6 is 11.6 Å². The topological polar surface area (TPSA) is 123 Å². The number of benzene rings is 2. The van der Waals surface area contributed by atoms with Crippen LogP contribution in [0.25, 0.3) is 0 Å². The molecule has 0 aromatic heterocycles. The second-order valence-corrected chi connectivity index (χ2v) is 10.8. The molecule has 36 heavy (non-hydrogen) atoms. The Kier molecular flexibility index (Phi) is 9.80. The molecular formula is C24H33ClN6O4S. The summed E-state index contributed by atoms with van der Waals surface area (Å²) in [6, 6.07) is 13.2. The molecule has 0 aliphatic carbocycles. The van der Waals surface area contributed by atoms with Crippen molar-refractivity contribution in [1.29, 1.82) is 0 Å². The first-order valence-electron chi connectivity index (χ1n) is 11.7. The van der Waals surface area contributed by atoms with E-state index in [9.17, 15) is 18.0 Å². The molecule has 0 spiro atoms. The average Bonchev–Trinajstić information content (AvgIpc) is 2.84. The predicted molar refractivity (Wildman–Crippen MR) is 143 cm³/mol. The summed E-state index contributed by atoms with van der Waals surface area (Å²) >= 11 is 6.00. The normalized spacial score (nSPS) is 14.8. The Morgan fingerprint density at radius 3 is 2.31 bits per heavy atom. The highest BCUT2D eigenvalue weighted by Crippen LogP contribution is 2.27. The Labute approximate surface area is 217 Å². The van der Waals surface area contributed by atoms with Crippen molar-refractivity contribution in [2.75, 3.05) is 62.2 Å². The summed E-state index contributed by atoms with van der Waals surface area (Å²) in [5, 5.41) is 9.13. The Bertz CT molecular complexity index is 1140. The van der Waals surface area contributed by atoms with Gasteiger partial charge in [0.2, 0.25) is 15.9 Å². The number of hydrogen-bond donors (Lipinski definition) is 4. The molecule has 1 atom stereocenters. The number of carbonyl (C=O) groups excluding carboxylic acids is 2. The van der Waals surface area contributed by atoms with Gasteiger partial charge in [-0.05, 0) is 36.9 Å². The van der Waals surface area contributed by atoms with Crippen LogP contribution in [0.3, 0.4) is 0 Å². The molecule has 0 unspecified atom stereocenters. The number of para-hydroxylation sites is 2. The van der Waals surface area contributed by atoms with Crippen molar-refractivity contribution in [2.24, 2.45) is 0 Å². The Morgan fingerprint density at radius 2 is 1.67 bits per heavy atom. The highest BCUT2D eigenvalue weighted by atomic mass is 35.5. The molecule has 1 heterocycles. The van der Waals surface area contributed by atoms with E-state index in [1.807, 2.05) is 29.2 Å². The molecule has 196 valence electrons. The van der Waals surface area contributed by atoms with E-state index in [1.54, 1.807) is 36.2 Å². The second kappa shape index (κ2) is 12.8. The standard InChI is InChI=1S/C24H33ClN6O4S/c1-26-11-12-27-24(33)28-21(17-18-7-9-19(25)10-8-18)23(32)31-15-13-30(14-16-31)22-6-4-3-5-20(22)29-36(2,34)35/h3-10,21,26,29H,11-17H2,1-2H3,(H2,27,28,33)/t21-/m1/s1. The number of amides is 3. The minimum Gasteiger partial charge on any atom is -0.366 e. The SMILES string of the molecule is CNCCNC(=O)N[C@H](Cc1ccc(Cl)cc1)C(=O)N1CCN(c2ccccc2NS(C)(=O)=O)CC1. The third-order valence-electron chi connectivity index (χ3n) is 5.75. The van der Waals surface area contributed by atoms with Gasteiger partial charge in [-0.1, -0.05) is 35.9 Å². The largest absolute Gasteiger partial charge is 0.366 e. The van der Waals surface area contributed by atoms with Crippen LogP contribution in [-0.4, -0.2) is 83.9 Å². The van der Waals surface area contributed by atoms with Crippen molar-refractivity contribution < 1.29 is 18.0 Å². The van der Waals surface area contributed by atoms with Gasteiger partial charge in [0, 0.05) is 50.7 Å². The van der Waals surface area contributed by atoms with Gasteiger partial charge in [-0.3, -0.25) is 9.52 Å². The molecule has 12 heteroatoms. The van der Waals surface area contributed by atoms with Gasteiger partial charge in [0.25, 0.3) is 0 Å². The average molecular weight is 537 g/mol. The quantitative estimate of drug-likeness (QED) is 0.341. The highest BCUT2D eigenvalue weighted by Gasteiger charge is 2.29. The van der Waals surface area contributed by atoms with Crippen LogP contribution < -0.4 is 25.6 Å². The van der Waals surface area contributed by atoms with Gasteiger partial charge in [0.1, 0.15) is 6.04 Å². The van der Waals surface area contributed by atoms with E-state index in [1.165, 1.54) is 0 Å². The van der Waals surface area contributed by atoms with E-state index in [0.717, 1.165) is 17.5 Å². The fraction of sp³-hybridized carbons (Fsp3) is 0.417. The summed E-state index contributed by atoms with van der Waals surface area (Å²) in [5.74, 6) is -0.170. The van der Waals surface area contributed by atoms with E-state index in [2.05, 4.69) is 20.7 Å². The zero-order valence-electron chi connectivity index (χ0n) is 20.5. The van der Waals surface area contributed by atoms with Crippen LogP contribution in [0.2, 0.25) is 5.02 Å². The minimum absolute atomic E-state index is 0.170. The number of hydrogen-bond acceptors (Lipinski definition) is 6. The van der Waals surface area contributed by atoms with Gasteiger partial charge < -0.3 is 25.8 Å². The van der Waals surface area contributed by atoms with Crippen LogP contribution in [-0.2, 0) is 21.2 Å². The Morgan fingerprint density at radius 1 is 1.00 bits per heavy atom. The van der Waals surface area contributed by atoms with Crippen molar-refractivity contribution >= 4 is 44.9 Å². The number of nitrogens with one attached hydrogen (secondary N) is 4. The zero-order valence-corrected chi connectivity index (χ0v) is 22.0. The molecule has 0 bridgehead atoms. The molecule has 2 aromatic rings. The van der Waals surface area contributed by atoms with Crippen molar-refractivity contribution in [1.82, 2.24) is 20.9 Å². The third-order valence-corrected chi connectivity index (χ3v) is 6.59. The maximum absolute atomic E-state index is 13.5. The molecule has 1 aliphatic heterocycles. The lowest BCUT2D eigenvalue weighted by molar-refractivity contribution is -0.133. The first-order valence-corrected chi connectivity index (χ1v) is 14.0. The summed E-state index contributed by atoms with van der Waals surface area (Å²) in [5.41, 5.74) is 2.14. The molecule has 3 amide bonds. The van der Waals surface area contributed by atoms with Crippen LogP contribution in [0.15, 0.2) is 48.5 Å². The maximum atomic E-state index is 13.5. The predicted octanol–water partition coefficient (Wildman–Crippen LogP) is 1.49. The monoisotopic (exact) mass is 536 g/mol. The van der Waals surface area contributed by atoms with Gasteiger partial charge in [0.05, 0.1) is 17.6 Å². The third kappa shape index (κ3) is 8.28. The van der Waals surface area contributed by atoms with E-state index < -0.39 is 22.1 Å². The number of urea groups is 1. The summed E-state index contributed by atoms with van der Waals surface area (Å²) in [7, 11) is -1.63. The van der Waals surface area contributed by atoms with Gasteiger partial charge in [-0.2, -0.15) is 0 Å². The van der Waals surface area contributed by atoms with E-state index in [0.29, 0.717) is 56.4 Å². The lowest BCUT2D eigenvalue weighted by atomic mass is 10.0. The molecule has 2 aromatic carbocycles. The Balaban J connectivity index is 1.68. The molecule has 0 saturated carbocycles. The highest BCUT2D eigenvalue weighted by molar-refractivity contribution is 7.92. The van der Waals surface area contributed by atoms with Gasteiger partial charge in [-0.15, -0.1) is 0 Å². The molecule has 1 fully saturated rings. The summed E-state index contributed by atoms with van der Waals surface area (Å²) < 4.78 is 26.1. The number of halogens is 1. The van der Waals surface area contributed by atoms with Crippen molar-refractivity contribution in [2.45, 2.75) is 12.5 Å². The number of rotatable bonds is 10. The molecule has 10 nitrogen and oxygen atoms in total. The van der Waals surface area contributed by atoms with Crippen molar-refractivity contribution in [3.05, 3.63) is 59.1 Å². The van der Waals surface area contributed by atoms with Crippen molar-refractivity contribution in [3.63, 3.8) is 0 Å². The molecule has 0 radical (unpaired) electrons. The molecule has 1 aliphatic rings. The lowest BCUT2D eigenvalue weighted by Crippen LogP contribution is -2.57. The maximum Gasteiger partial charge on any atom is 0.315 e. The number of anilines is 2. The summed E-state index contributed by atoms with van der Waals surface area (Å²) in [6.07, 6.45) is 1.44. The minimum atomic E-state index is -3.43. The first-order chi connectivity index (χ1) is 17.2. The van der Waals surface area contributed by atoms with Gasteiger partial charge >= 0.3 is 6.03 Å². The number of likely N-dealkylation sites (N-methyl/N-ethyl adjacent to an activating group) is 1. The number of carbonyl (C=O) groups is 2. The number of nitrogens with zero attached hydrogens (tertiary/aromatic N) is 2.